The van der Waals surface area contributed by atoms with Crippen molar-refractivity contribution in [1.29, 1.82) is 5.26 Å². The van der Waals surface area contributed by atoms with Gasteiger partial charge in [-0.3, -0.25) is 14.4 Å². The van der Waals surface area contributed by atoms with Crippen LogP contribution in [-0.4, -0.2) is 106 Å². The van der Waals surface area contributed by atoms with Gasteiger partial charge in [0.15, 0.2) is 24.0 Å². The third kappa shape index (κ3) is 9.77. The first kappa shape index (κ1) is 40.5. The third-order valence-electron chi connectivity index (χ3n) is 8.35. The van der Waals surface area contributed by atoms with Crippen molar-refractivity contribution < 1.29 is 55.7 Å². The molecule has 4 N–H and O–H groups in total. The summed E-state index contributed by atoms with van der Waals surface area (Å²) in [7, 11) is 1.47. The number of alkyl halides is 3. The van der Waals surface area contributed by atoms with Crippen LogP contribution in [0.1, 0.15) is 33.8 Å². The van der Waals surface area contributed by atoms with Gasteiger partial charge >= 0.3 is 12.1 Å². The second-order valence-electron chi connectivity index (χ2n) is 11.7. The van der Waals surface area contributed by atoms with Crippen LogP contribution in [0.4, 0.5) is 27.6 Å². The molecule has 0 saturated carbocycles. The maximum absolute atomic E-state index is 14.8. The standard InChI is InChI=1S/C31H32ClF2N7O5.C2HF3O2/c1-39-24(22-4-5-25(46-12-8-35)27(34)26(22)33)16-37-28(39)29(42)38-19-2-3-21(23(32)14-19)31(44)40-9-6-18(7-10-40)30(43)41-11-13-45-20(15-36)17-41;3-2(4,5)1(6)7/h2-5,14,16,18,20H,6-7,9-13,15,17,36H2,1H3,(H,38,42);(H,6,7). The maximum Gasteiger partial charge on any atom is 0.490 e. The summed E-state index contributed by atoms with van der Waals surface area (Å²) in [4.78, 5) is 55.8. The lowest BCUT2D eigenvalue weighted by Crippen LogP contribution is -2.51. The number of carbonyl (C=O) groups is 4. The summed E-state index contributed by atoms with van der Waals surface area (Å²) in [5.74, 6) is -6.80. The lowest BCUT2D eigenvalue weighted by Gasteiger charge is -2.37. The number of nitrogens with two attached hydrogens (primary N) is 1. The number of amides is 3. The van der Waals surface area contributed by atoms with Crippen molar-refractivity contribution in [2.75, 3.05) is 51.3 Å². The van der Waals surface area contributed by atoms with Crippen LogP contribution < -0.4 is 15.8 Å². The van der Waals surface area contributed by atoms with Gasteiger partial charge in [0.05, 0.1) is 35.2 Å². The number of nitriles is 1. The Bertz CT molecular complexity index is 1890. The number of hydrogen-bond acceptors (Lipinski definition) is 9. The average molecular weight is 770 g/mol. The van der Waals surface area contributed by atoms with Crippen LogP contribution in [-0.2, 0) is 21.4 Å². The molecule has 1 unspecified atom stereocenters. The molecule has 14 nitrogen and oxygen atoms in total. The highest BCUT2D eigenvalue weighted by Crippen LogP contribution is 2.31. The lowest BCUT2D eigenvalue weighted by atomic mass is 9.94. The summed E-state index contributed by atoms with van der Waals surface area (Å²) < 4.78 is 72.7. The van der Waals surface area contributed by atoms with Gasteiger partial charge in [-0.15, -0.1) is 0 Å². The fourth-order valence-corrected chi connectivity index (χ4v) is 5.86. The molecular weight excluding hydrogens is 737 g/mol. The minimum absolute atomic E-state index is 0.0589. The molecule has 53 heavy (non-hydrogen) atoms. The molecule has 0 aliphatic carbocycles. The second kappa shape index (κ2) is 17.5. The molecule has 20 heteroatoms. The summed E-state index contributed by atoms with van der Waals surface area (Å²) in [6.45, 7) is 2.17. The van der Waals surface area contributed by atoms with Crippen LogP contribution in [0.2, 0.25) is 5.02 Å². The molecule has 0 bridgehead atoms. The number of aliphatic carboxylic acids is 1. The number of nitrogens with one attached hydrogen (secondary N) is 1. The van der Waals surface area contributed by atoms with E-state index in [1.165, 1.54) is 48.1 Å². The number of piperidine rings is 1. The van der Waals surface area contributed by atoms with Crippen molar-refractivity contribution in [2.24, 2.45) is 18.7 Å². The third-order valence-corrected chi connectivity index (χ3v) is 8.66. The Morgan fingerprint density at radius 2 is 1.79 bits per heavy atom. The number of carboxylic acids is 1. The fourth-order valence-electron chi connectivity index (χ4n) is 5.60. The topological polar surface area (TPSA) is 193 Å². The number of ether oxygens (including phenoxy) is 2. The number of benzene rings is 2. The van der Waals surface area contributed by atoms with Crippen molar-refractivity contribution in [3.63, 3.8) is 0 Å². The zero-order chi connectivity index (χ0) is 39.0. The second-order valence-corrected chi connectivity index (χ2v) is 12.2. The molecule has 3 amide bonds. The van der Waals surface area contributed by atoms with E-state index in [9.17, 15) is 36.3 Å². The van der Waals surface area contributed by atoms with Gasteiger partial charge in [-0.1, -0.05) is 11.6 Å². The number of morpholine rings is 1. The predicted octanol–water partition coefficient (Wildman–Crippen LogP) is 3.84. The first-order valence-corrected chi connectivity index (χ1v) is 16.3. The number of halogens is 6. The first-order valence-electron chi connectivity index (χ1n) is 15.9. The van der Waals surface area contributed by atoms with E-state index in [2.05, 4.69) is 10.3 Å². The molecule has 2 aliphatic heterocycles. The van der Waals surface area contributed by atoms with Crippen molar-refractivity contribution in [2.45, 2.75) is 25.1 Å². The van der Waals surface area contributed by atoms with Crippen molar-refractivity contribution in [3.8, 4) is 23.1 Å². The molecule has 1 aromatic heterocycles. The Labute approximate surface area is 303 Å². The Hall–Kier alpha value is -5.32. The highest BCUT2D eigenvalue weighted by molar-refractivity contribution is 6.34. The molecule has 2 aromatic carbocycles. The predicted molar refractivity (Wildman–Crippen MR) is 177 cm³/mol. The van der Waals surface area contributed by atoms with E-state index in [1.807, 2.05) is 0 Å². The van der Waals surface area contributed by atoms with E-state index in [1.54, 1.807) is 15.9 Å². The van der Waals surface area contributed by atoms with Gasteiger partial charge in [-0.05, 0) is 43.2 Å². The smallest absolute Gasteiger partial charge is 0.476 e. The summed E-state index contributed by atoms with van der Waals surface area (Å²) in [6.07, 6.45) is -2.96. The van der Waals surface area contributed by atoms with E-state index < -0.39 is 42.0 Å². The Balaban J connectivity index is 0.000000815. The maximum atomic E-state index is 14.8. The normalized spacial score (nSPS) is 16.2. The van der Waals surface area contributed by atoms with Crippen LogP contribution in [0.15, 0.2) is 36.5 Å². The van der Waals surface area contributed by atoms with Crippen LogP contribution in [0, 0.1) is 28.9 Å². The Morgan fingerprint density at radius 1 is 1.11 bits per heavy atom. The van der Waals surface area contributed by atoms with Crippen molar-refractivity contribution >= 4 is 41.0 Å². The van der Waals surface area contributed by atoms with Crippen molar-refractivity contribution in [1.82, 2.24) is 19.4 Å². The Kier molecular flexibility index (Phi) is 13.3. The lowest BCUT2D eigenvalue weighted by molar-refractivity contribution is -0.192. The van der Waals surface area contributed by atoms with Gasteiger partial charge in [0, 0.05) is 56.9 Å². The van der Waals surface area contributed by atoms with E-state index in [-0.39, 0.29) is 57.2 Å². The van der Waals surface area contributed by atoms with Crippen LogP contribution >= 0.6 is 11.6 Å². The number of anilines is 1. The van der Waals surface area contributed by atoms with Gasteiger partial charge in [-0.2, -0.15) is 22.8 Å². The summed E-state index contributed by atoms with van der Waals surface area (Å²) in [6, 6.07) is 8.61. The highest BCUT2D eigenvalue weighted by Gasteiger charge is 2.38. The molecule has 2 aliphatic rings. The number of likely N-dealkylation sites (tertiary alicyclic amines) is 1. The molecule has 2 saturated heterocycles. The largest absolute Gasteiger partial charge is 0.490 e. The van der Waals surface area contributed by atoms with E-state index in [0.717, 1.165) is 0 Å². The van der Waals surface area contributed by atoms with E-state index in [4.69, 9.17) is 42.0 Å². The molecule has 1 atom stereocenters. The summed E-state index contributed by atoms with van der Waals surface area (Å²) >= 11 is 6.47. The molecule has 3 aromatic rings. The molecule has 3 heterocycles. The first-order chi connectivity index (χ1) is 25.1. The zero-order valence-electron chi connectivity index (χ0n) is 28.0. The van der Waals surface area contributed by atoms with Crippen molar-refractivity contribution in [3.05, 3.63) is 64.6 Å². The van der Waals surface area contributed by atoms with E-state index >= 15 is 0 Å². The van der Waals surface area contributed by atoms with Gasteiger partial charge < -0.3 is 40.0 Å². The molecule has 0 radical (unpaired) electrons. The summed E-state index contributed by atoms with van der Waals surface area (Å²) in [5, 5.41) is 18.5. The van der Waals surface area contributed by atoms with Gasteiger partial charge in [0.1, 0.15) is 6.07 Å². The quantitative estimate of drug-likeness (QED) is 0.284. The molecule has 5 rings (SSSR count). The minimum atomic E-state index is -5.08. The fraction of sp³-hybridized carbons (Fsp3) is 0.394. The SMILES string of the molecule is Cn1c(-c2ccc(OCC#N)c(F)c2F)cnc1C(=O)Nc1ccc(C(=O)N2CCC(C(=O)N3CCOC(CN)C3)CC2)c(Cl)c1.O=C(O)C(F)(F)F. The number of nitrogens with zero attached hydrogens (tertiary/aromatic N) is 5. The molecule has 284 valence electrons. The van der Waals surface area contributed by atoms with E-state index in [0.29, 0.717) is 52.2 Å². The number of carbonyl (C=O) groups excluding carboxylic acids is 3. The summed E-state index contributed by atoms with van der Waals surface area (Å²) in [5.41, 5.74) is 6.21. The number of aromatic nitrogens is 2. The number of hydrogen-bond donors (Lipinski definition) is 3. The minimum Gasteiger partial charge on any atom is -0.476 e. The monoisotopic (exact) mass is 769 g/mol. The van der Waals surface area contributed by atoms with Gasteiger partial charge in [0.2, 0.25) is 11.7 Å². The van der Waals surface area contributed by atoms with Crippen LogP contribution in [0.5, 0.6) is 5.75 Å². The molecule has 2 fully saturated rings. The average Bonchev–Trinajstić information content (AvgIpc) is 3.52. The number of rotatable bonds is 8. The zero-order valence-corrected chi connectivity index (χ0v) is 28.7. The highest BCUT2D eigenvalue weighted by atomic mass is 35.5. The number of imidazole rings is 1. The van der Waals surface area contributed by atoms with Gasteiger partial charge in [-0.25, -0.2) is 14.2 Å². The Morgan fingerprint density at radius 3 is 2.40 bits per heavy atom. The molecular formula is C33H33ClF5N7O7. The van der Waals surface area contributed by atoms with Crippen LogP contribution in [0.3, 0.4) is 0 Å². The molecule has 0 spiro atoms. The van der Waals surface area contributed by atoms with Crippen LogP contribution in [0.25, 0.3) is 11.3 Å². The number of carboxylic acid groups (broad SMARTS) is 1. The van der Waals surface area contributed by atoms with Gasteiger partial charge in [0.25, 0.3) is 11.8 Å².